The molecule has 0 radical (unpaired) electrons. The van der Waals surface area contributed by atoms with Crippen LogP contribution in [-0.2, 0) is 4.79 Å². The number of benzene rings is 3. The normalized spacial score (nSPS) is 16.4. The van der Waals surface area contributed by atoms with Crippen LogP contribution >= 0.6 is 0 Å². The van der Waals surface area contributed by atoms with Crippen molar-refractivity contribution in [3.8, 4) is 28.4 Å². The molecule has 3 aromatic carbocycles. The minimum Gasteiger partial charge on any atom is -0.493 e. The maximum atomic E-state index is 13.1. The largest absolute Gasteiger partial charge is 0.493 e. The Hall–Kier alpha value is -4.26. The molecule has 0 bridgehead atoms. The Bertz CT molecular complexity index is 1370. The number of rotatable bonds is 8. The number of nitrogens with zero attached hydrogens (tertiary/aromatic N) is 1. The average Bonchev–Trinajstić information content (AvgIpc) is 2.99. The lowest BCUT2D eigenvalue weighted by Crippen LogP contribution is -2.55. The third-order valence-electron chi connectivity index (χ3n) is 8.20. The van der Waals surface area contributed by atoms with Crippen molar-refractivity contribution in [2.24, 2.45) is 5.41 Å². The van der Waals surface area contributed by atoms with Gasteiger partial charge in [-0.05, 0) is 72.6 Å². The Morgan fingerprint density at radius 3 is 2.10 bits per heavy atom. The van der Waals surface area contributed by atoms with Crippen molar-refractivity contribution in [3.63, 3.8) is 0 Å². The Morgan fingerprint density at radius 2 is 1.48 bits per heavy atom. The van der Waals surface area contributed by atoms with E-state index < -0.39 is 0 Å². The Labute approximate surface area is 235 Å². The molecule has 1 saturated heterocycles. The zero-order valence-electron chi connectivity index (χ0n) is 23.3. The average molecular weight is 541 g/mol. The fraction of sp³-hybridized carbons (Fsp3) is 0.333. The van der Waals surface area contributed by atoms with Crippen molar-refractivity contribution >= 4 is 17.9 Å². The van der Waals surface area contributed by atoms with E-state index in [0.717, 1.165) is 61.0 Å². The highest BCUT2D eigenvalue weighted by molar-refractivity contribution is 5.95. The molecule has 5 rings (SSSR count). The number of piperidine rings is 1. The van der Waals surface area contributed by atoms with Crippen LogP contribution in [0.2, 0.25) is 0 Å². The highest BCUT2D eigenvalue weighted by atomic mass is 16.5. The minimum absolute atomic E-state index is 0.0920. The molecule has 2 amide bonds. The molecule has 0 atom stereocenters. The van der Waals surface area contributed by atoms with Crippen molar-refractivity contribution < 1.29 is 23.8 Å². The van der Waals surface area contributed by atoms with Gasteiger partial charge in [-0.3, -0.25) is 9.59 Å². The molecule has 1 saturated carbocycles. The summed E-state index contributed by atoms with van der Waals surface area (Å²) in [5.74, 6) is 1.52. The third kappa shape index (κ3) is 5.69. The van der Waals surface area contributed by atoms with Gasteiger partial charge in [0.2, 0.25) is 11.7 Å². The van der Waals surface area contributed by atoms with Crippen LogP contribution in [0.25, 0.3) is 17.2 Å². The van der Waals surface area contributed by atoms with E-state index in [-0.39, 0.29) is 23.3 Å². The fourth-order valence-electron chi connectivity index (χ4n) is 5.97. The smallest absolute Gasteiger partial charge is 0.253 e. The molecule has 208 valence electrons. The van der Waals surface area contributed by atoms with Gasteiger partial charge >= 0.3 is 0 Å². The van der Waals surface area contributed by atoms with Crippen LogP contribution in [0.4, 0.5) is 0 Å². The van der Waals surface area contributed by atoms with E-state index in [1.807, 2.05) is 53.4 Å². The summed E-state index contributed by atoms with van der Waals surface area (Å²) in [7, 11) is 4.68. The molecule has 2 fully saturated rings. The summed E-state index contributed by atoms with van der Waals surface area (Å²) in [6.45, 7) is 1.50. The number of methoxy groups -OCH3 is 3. The summed E-state index contributed by atoms with van der Waals surface area (Å²) in [6.07, 6.45) is 7.07. The van der Waals surface area contributed by atoms with Crippen molar-refractivity contribution in [1.29, 1.82) is 0 Å². The molecule has 7 heteroatoms. The van der Waals surface area contributed by atoms with Gasteiger partial charge in [0.15, 0.2) is 11.5 Å². The number of hydrogen-bond donors (Lipinski definition) is 1. The van der Waals surface area contributed by atoms with Gasteiger partial charge in [0, 0.05) is 36.3 Å². The zero-order chi connectivity index (χ0) is 28.1. The molecule has 3 aromatic rings. The molecule has 1 N–H and O–H groups in total. The van der Waals surface area contributed by atoms with E-state index in [1.54, 1.807) is 33.5 Å². The SMILES string of the molecule is COc1ccc(/C=C/C(=O)NC2CC3(CCN(C(=O)c4ccc(-c5ccccc5)cc4)CC3)C2)c(OC)c1OC. The van der Waals surface area contributed by atoms with Crippen LogP contribution in [0, 0.1) is 5.41 Å². The molecule has 2 aliphatic rings. The van der Waals surface area contributed by atoms with Crippen LogP contribution in [0.1, 0.15) is 41.6 Å². The van der Waals surface area contributed by atoms with Gasteiger partial charge in [0.1, 0.15) is 0 Å². The number of hydrogen-bond acceptors (Lipinski definition) is 5. The second-order valence-electron chi connectivity index (χ2n) is 10.6. The first-order chi connectivity index (χ1) is 19.4. The van der Waals surface area contributed by atoms with Crippen LogP contribution in [0.15, 0.2) is 72.8 Å². The number of likely N-dealkylation sites (tertiary alicyclic amines) is 1. The maximum absolute atomic E-state index is 13.1. The standard InChI is InChI=1S/C33H36N2O5/c1-38-28-15-13-25(30(39-2)31(28)40-3)14-16-29(36)34-27-21-33(22-27)17-19-35(20-18-33)32(37)26-11-9-24(10-12-26)23-7-5-4-6-8-23/h4-16,27H,17-22H2,1-3H3,(H,34,36)/b16-14+. The lowest BCUT2D eigenvalue weighted by atomic mass is 9.60. The fourth-order valence-corrected chi connectivity index (χ4v) is 5.97. The highest BCUT2D eigenvalue weighted by Gasteiger charge is 2.46. The van der Waals surface area contributed by atoms with Crippen LogP contribution in [0.3, 0.4) is 0 Å². The van der Waals surface area contributed by atoms with Crippen molar-refractivity contribution in [1.82, 2.24) is 10.2 Å². The summed E-state index contributed by atoms with van der Waals surface area (Å²) in [4.78, 5) is 27.7. The van der Waals surface area contributed by atoms with Crippen molar-refractivity contribution in [2.45, 2.75) is 31.7 Å². The molecule has 1 aliphatic carbocycles. The quantitative estimate of drug-likeness (QED) is 0.377. The topological polar surface area (TPSA) is 77.1 Å². The van der Waals surface area contributed by atoms with E-state index in [0.29, 0.717) is 17.2 Å². The first-order valence-electron chi connectivity index (χ1n) is 13.7. The summed E-state index contributed by atoms with van der Waals surface area (Å²) in [5.41, 5.74) is 3.92. The van der Waals surface area contributed by atoms with E-state index in [4.69, 9.17) is 14.2 Å². The number of carbonyl (C=O) groups excluding carboxylic acids is 2. The molecule has 40 heavy (non-hydrogen) atoms. The van der Waals surface area contributed by atoms with Gasteiger partial charge in [0.05, 0.1) is 21.3 Å². The van der Waals surface area contributed by atoms with Crippen LogP contribution < -0.4 is 19.5 Å². The summed E-state index contributed by atoms with van der Waals surface area (Å²) in [6, 6.07) is 21.8. The zero-order valence-corrected chi connectivity index (χ0v) is 23.3. The summed E-state index contributed by atoms with van der Waals surface area (Å²) >= 11 is 0. The predicted octanol–water partition coefficient (Wildman–Crippen LogP) is 5.59. The first kappa shape index (κ1) is 27.3. The van der Waals surface area contributed by atoms with Crippen molar-refractivity contribution in [2.75, 3.05) is 34.4 Å². The van der Waals surface area contributed by atoms with E-state index in [2.05, 4.69) is 17.4 Å². The van der Waals surface area contributed by atoms with E-state index >= 15 is 0 Å². The molecule has 1 heterocycles. The van der Waals surface area contributed by atoms with E-state index in [9.17, 15) is 9.59 Å². The number of amides is 2. The van der Waals surface area contributed by atoms with Gasteiger partial charge in [-0.15, -0.1) is 0 Å². The maximum Gasteiger partial charge on any atom is 0.253 e. The number of nitrogens with one attached hydrogen (secondary N) is 1. The molecular weight excluding hydrogens is 504 g/mol. The molecule has 7 nitrogen and oxygen atoms in total. The van der Waals surface area contributed by atoms with Gasteiger partial charge in [-0.25, -0.2) is 0 Å². The van der Waals surface area contributed by atoms with Gasteiger partial charge in [-0.1, -0.05) is 42.5 Å². The summed E-state index contributed by atoms with van der Waals surface area (Å²) in [5, 5.41) is 3.12. The lowest BCUT2D eigenvalue weighted by Gasteiger charge is -2.52. The Balaban J connectivity index is 1.10. The van der Waals surface area contributed by atoms with Gasteiger partial charge < -0.3 is 24.4 Å². The van der Waals surface area contributed by atoms with Crippen LogP contribution in [0.5, 0.6) is 17.2 Å². The number of carbonyl (C=O) groups is 2. The third-order valence-corrected chi connectivity index (χ3v) is 8.20. The predicted molar refractivity (Wildman–Crippen MR) is 156 cm³/mol. The number of ether oxygens (including phenoxy) is 3. The Morgan fingerprint density at radius 1 is 0.825 bits per heavy atom. The molecule has 0 unspecified atom stereocenters. The van der Waals surface area contributed by atoms with E-state index in [1.165, 1.54) is 6.08 Å². The molecule has 1 aliphatic heterocycles. The second kappa shape index (κ2) is 11.9. The monoisotopic (exact) mass is 540 g/mol. The lowest BCUT2D eigenvalue weighted by molar-refractivity contribution is -0.119. The second-order valence-corrected chi connectivity index (χ2v) is 10.6. The first-order valence-corrected chi connectivity index (χ1v) is 13.7. The molecule has 0 aromatic heterocycles. The summed E-state index contributed by atoms with van der Waals surface area (Å²) < 4.78 is 16.2. The molecular formula is C33H36N2O5. The van der Waals surface area contributed by atoms with Crippen LogP contribution in [-0.4, -0.2) is 57.2 Å². The molecule has 1 spiro atoms. The Kier molecular flexibility index (Phi) is 8.10. The minimum atomic E-state index is -0.136. The van der Waals surface area contributed by atoms with Gasteiger partial charge in [0.25, 0.3) is 5.91 Å². The van der Waals surface area contributed by atoms with Gasteiger partial charge in [-0.2, -0.15) is 0 Å². The van der Waals surface area contributed by atoms with Crippen molar-refractivity contribution in [3.05, 3.63) is 83.9 Å². The highest BCUT2D eigenvalue weighted by Crippen LogP contribution is 2.49.